The molecule has 0 saturated heterocycles. The quantitative estimate of drug-likeness (QED) is 0.561. The molecule has 0 unspecified atom stereocenters. The van der Waals surface area contributed by atoms with Gasteiger partial charge in [-0.05, 0) is 0 Å². The van der Waals surface area contributed by atoms with Crippen LogP contribution in [0.3, 0.4) is 0 Å². The molecule has 0 heterocycles. The molecule has 0 atom stereocenters. The molecule has 29 valence electrons. The van der Waals surface area contributed by atoms with Crippen LogP contribution in [0.4, 0.5) is 0 Å². The Morgan fingerprint density at radius 3 is 1.25 bits per heavy atom. The van der Waals surface area contributed by atoms with Gasteiger partial charge in [0.2, 0.25) is 0 Å². The molecule has 0 fully saturated rings. The molecule has 4 heteroatoms. The van der Waals surface area contributed by atoms with Gasteiger partial charge in [-0.2, -0.15) is 0 Å². The summed E-state index contributed by atoms with van der Waals surface area (Å²) in [7, 11) is 3.90. The molecule has 0 radical (unpaired) electrons. The number of hydrogen-bond acceptors (Lipinski definition) is 1. The summed E-state index contributed by atoms with van der Waals surface area (Å²) in [5.74, 6) is 0. The van der Waals surface area contributed by atoms with Crippen molar-refractivity contribution in [1.82, 2.24) is 0 Å². The molecule has 0 N–H and O–H groups in total. The molecule has 4 heavy (non-hydrogen) atoms. The maximum atomic E-state index is 3.90. The van der Waals surface area contributed by atoms with Crippen molar-refractivity contribution in [2.24, 2.45) is 0 Å². The molecule has 0 rings (SSSR count). The third kappa shape index (κ3) is 9.07. The SMILES string of the molecule is [Mo].[Ni].[S]=[Mn]. The standard InChI is InChI=1S/Mn.Mo.Ni.S. The molecule has 0 spiro atoms. The van der Waals surface area contributed by atoms with E-state index in [1.54, 1.807) is 0 Å². The van der Waals surface area contributed by atoms with E-state index in [0.717, 1.165) is 0 Å². The fourth-order valence-corrected chi connectivity index (χ4v) is 0. The van der Waals surface area contributed by atoms with Crippen LogP contribution in [-0.4, -0.2) is 0 Å². The summed E-state index contributed by atoms with van der Waals surface area (Å²) in [5, 5.41) is 0. The van der Waals surface area contributed by atoms with Crippen molar-refractivity contribution in [2.75, 3.05) is 0 Å². The summed E-state index contributed by atoms with van der Waals surface area (Å²) in [6.45, 7) is 0. The Hall–Kier alpha value is 1.92. The van der Waals surface area contributed by atoms with Gasteiger partial charge < -0.3 is 0 Å². The first-order chi connectivity index (χ1) is 1.00. The molecule has 0 saturated carbocycles. The maximum absolute atomic E-state index is 3.90. The van der Waals surface area contributed by atoms with Crippen molar-refractivity contribution < 1.29 is 51.9 Å². The summed E-state index contributed by atoms with van der Waals surface area (Å²) in [5.41, 5.74) is 0. The first-order valence-electron chi connectivity index (χ1n) is 0.154. The van der Waals surface area contributed by atoms with Gasteiger partial charge in [-0.25, -0.2) is 0 Å². The first-order valence-corrected chi connectivity index (χ1v) is 1.91. The van der Waals surface area contributed by atoms with Crippen LogP contribution in [0.25, 0.3) is 0 Å². The van der Waals surface area contributed by atoms with Crippen LogP contribution in [0, 0.1) is 0 Å². The van der Waals surface area contributed by atoms with Crippen molar-refractivity contribution in [3.63, 3.8) is 0 Å². The second-order valence-electron chi connectivity index (χ2n) is 0. The Labute approximate surface area is 62.0 Å². The van der Waals surface area contributed by atoms with Crippen molar-refractivity contribution in [1.29, 1.82) is 0 Å². The Kier molecular flexibility index (Phi) is 86.1. The first kappa shape index (κ1) is 16.8. The Bertz CT molecular complexity index is 8.00. The van der Waals surface area contributed by atoms with Crippen molar-refractivity contribution in [3.8, 4) is 0 Å². The predicted molar refractivity (Wildman–Crippen MR) is 7.59 cm³/mol. The van der Waals surface area contributed by atoms with Crippen LogP contribution < -0.4 is 0 Å². The Morgan fingerprint density at radius 1 is 1.25 bits per heavy atom. The van der Waals surface area contributed by atoms with E-state index in [1.807, 2.05) is 0 Å². The molecule has 0 aromatic carbocycles. The predicted octanol–water partition coefficient (Wildman–Crippen LogP) is 0.641. The Morgan fingerprint density at radius 2 is 1.25 bits per heavy atom. The molecule has 0 bridgehead atoms. The third-order valence-electron chi connectivity index (χ3n) is 0. The average molecular weight is 242 g/mol. The van der Waals surface area contributed by atoms with Gasteiger partial charge >= 0.3 is 24.9 Å². The molecular formula is MnMoNiS. The van der Waals surface area contributed by atoms with Crippen LogP contribution >= 0.6 is 10.6 Å². The fourth-order valence-electron chi connectivity index (χ4n) is 0. The molecule has 0 aliphatic rings. The van der Waals surface area contributed by atoms with Gasteiger partial charge in [-0.15, -0.1) is 0 Å². The summed E-state index contributed by atoms with van der Waals surface area (Å²) in [6, 6.07) is 0. The van der Waals surface area contributed by atoms with Crippen molar-refractivity contribution >= 4 is 10.6 Å². The molecule has 0 aliphatic heterocycles. The minimum atomic E-state index is 0. The van der Waals surface area contributed by atoms with Crippen LogP contribution in [0.15, 0.2) is 0 Å². The van der Waals surface area contributed by atoms with Gasteiger partial charge in [-0.1, -0.05) is 0 Å². The van der Waals surface area contributed by atoms with Crippen LogP contribution in [0.2, 0.25) is 0 Å². The zero-order valence-electron chi connectivity index (χ0n) is 1.51. The normalized spacial score (nSPS) is 1.00. The van der Waals surface area contributed by atoms with Gasteiger partial charge in [0.05, 0.1) is 0 Å². The van der Waals surface area contributed by atoms with Crippen LogP contribution in [-0.2, 0) is 51.9 Å². The molecule has 0 aliphatic carbocycles. The molecule has 0 aromatic rings. The molecule has 0 amide bonds. The second kappa shape index (κ2) is 20.5. The van der Waals surface area contributed by atoms with E-state index >= 15 is 0 Å². The molecule has 0 nitrogen and oxygen atoms in total. The zero-order chi connectivity index (χ0) is 2.00. The van der Waals surface area contributed by atoms with Crippen LogP contribution in [0.1, 0.15) is 0 Å². The van der Waals surface area contributed by atoms with E-state index in [1.165, 1.54) is 0 Å². The summed E-state index contributed by atoms with van der Waals surface area (Å²) < 4.78 is 0. The number of rotatable bonds is 0. The third-order valence-corrected chi connectivity index (χ3v) is 0. The minimum absolute atomic E-state index is 0. The van der Waals surface area contributed by atoms with E-state index in [-0.39, 0.29) is 37.6 Å². The van der Waals surface area contributed by atoms with Crippen molar-refractivity contribution in [2.45, 2.75) is 0 Å². The second-order valence-corrected chi connectivity index (χ2v) is 0. The van der Waals surface area contributed by atoms with Gasteiger partial charge in [-0.3, -0.25) is 0 Å². The summed E-state index contributed by atoms with van der Waals surface area (Å²) in [4.78, 5) is 0. The van der Waals surface area contributed by atoms with Crippen LogP contribution in [0.5, 0.6) is 0 Å². The molecular weight excluding hydrogens is 242 g/mol. The topological polar surface area (TPSA) is 0 Å². The molecule has 0 aromatic heterocycles. The zero-order valence-corrected chi connectivity index (χ0v) is 6.50. The summed E-state index contributed by atoms with van der Waals surface area (Å²) >= 11 is 2.52. The van der Waals surface area contributed by atoms with Gasteiger partial charge in [0.25, 0.3) is 0 Å². The van der Waals surface area contributed by atoms with Gasteiger partial charge in [0.15, 0.2) is 0 Å². The van der Waals surface area contributed by atoms with E-state index in [4.69, 9.17) is 0 Å². The van der Waals surface area contributed by atoms with Gasteiger partial charge in [0.1, 0.15) is 0 Å². The van der Waals surface area contributed by atoms with E-state index < -0.39 is 0 Å². The van der Waals surface area contributed by atoms with E-state index in [9.17, 15) is 0 Å². The van der Waals surface area contributed by atoms with E-state index in [2.05, 4.69) is 24.9 Å². The van der Waals surface area contributed by atoms with Crippen molar-refractivity contribution in [3.05, 3.63) is 0 Å². The van der Waals surface area contributed by atoms with Gasteiger partial charge in [0, 0.05) is 37.6 Å². The fraction of sp³-hybridized carbons (Fsp3) is 0. The monoisotopic (exact) mass is 243 g/mol. The average Bonchev–Trinajstić information content (AvgIpc) is 1.00. The number of hydrogen-bond donors (Lipinski definition) is 0. The summed E-state index contributed by atoms with van der Waals surface area (Å²) in [6.07, 6.45) is 0. The van der Waals surface area contributed by atoms with E-state index in [0.29, 0.717) is 0 Å². The Balaban J connectivity index is -0.00000000500.